The number of hydrazone groups is 1. The number of amides is 2. The normalized spacial score (nSPS) is 10.6. The summed E-state index contributed by atoms with van der Waals surface area (Å²) in [6, 6.07) is 7.11. The molecule has 0 aromatic heterocycles. The minimum absolute atomic E-state index is 0.0941. The van der Waals surface area contributed by atoms with Crippen LogP contribution < -0.4 is 15.5 Å². The molecule has 0 heterocycles. The summed E-state index contributed by atoms with van der Waals surface area (Å²) in [5.41, 5.74) is 2.95. The monoisotopic (exact) mass is 277 g/mol. The minimum Gasteiger partial charge on any atom is -0.494 e. The summed E-state index contributed by atoms with van der Waals surface area (Å²) >= 11 is 0. The number of nitrogens with zero attached hydrogens (tertiary/aromatic N) is 1. The Morgan fingerprint density at radius 3 is 2.45 bits per heavy atom. The first-order valence-corrected chi connectivity index (χ1v) is 6.39. The van der Waals surface area contributed by atoms with Crippen LogP contribution >= 0.6 is 0 Å². The van der Waals surface area contributed by atoms with Crippen molar-refractivity contribution in [3.8, 4) is 5.75 Å². The summed E-state index contributed by atoms with van der Waals surface area (Å²) in [5, 5.41) is 6.19. The summed E-state index contributed by atoms with van der Waals surface area (Å²) < 4.78 is 5.30. The number of rotatable bonds is 5. The van der Waals surface area contributed by atoms with Gasteiger partial charge in [-0.25, -0.2) is 5.43 Å². The Hall–Kier alpha value is -2.37. The predicted molar refractivity (Wildman–Crippen MR) is 76.6 cm³/mol. The number of nitrogens with one attached hydrogen (secondary N) is 2. The van der Waals surface area contributed by atoms with Crippen LogP contribution in [0.5, 0.6) is 5.75 Å². The number of hydrogen-bond acceptors (Lipinski definition) is 4. The molecule has 0 aliphatic heterocycles. The fraction of sp³-hybridized carbons (Fsp3) is 0.357. The topological polar surface area (TPSA) is 79.8 Å². The van der Waals surface area contributed by atoms with E-state index >= 15 is 0 Å². The number of hydrogen-bond donors (Lipinski definition) is 2. The molecule has 0 fully saturated rings. The van der Waals surface area contributed by atoms with Gasteiger partial charge in [-0.2, -0.15) is 5.10 Å². The van der Waals surface area contributed by atoms with E-state index in [4.69, 9.17) is 4.74 Å². The second-order valence-electron chi connectivity index (χ2n) is 4.33. The van der Waals surface area contributed by atoms with Crippen molar-refractivity contribution in [2.75, 3.05) is 6.61 Å². The van der Waals surface area contributed by atoms with Gasteiger partial charge in [-0.1, -0.05) is 0 Å². The third-order valence-corrected chi connectivity index (χ3v) is 2.20. The van der Waals surface area contributed by atoms with Crippen LogP contribution in [0.2, 0.25) is 0 Å². The summed E-state index contributed by atoms with van der Waals surface area (Å²) in [6.07, 6.45) is 1.45. The minimum atomic E-state index is -0.791. The Kier molecular flexibility index (Phi) is 6.22. The molecule has 0 bridgehead atoms. The molecule has 0 aliphatic carbocycles. The lowest BCUT2D eigenvalue weighted by Gasteiger charge is -2.06. The molecule has 20 heavy (non-hydrogen) atoms. The van der Waals surface area contributed by atoms with E-state index in [-0.39, 0.29) is 6.04 Å². The Balaban J connectivity index is 2.48. The molecule has 0 atom stereocenters. The molecule has 0 unspecified atom stereocenters. The van der Waals surface area contributed by atoms with Crippen LogP contribution in [0.15, 0.2) is 29.4 Å². The fourth-order valence-corrected chi connectivity index (χ4v) is 1.36. The van der Waals surface area contributed by atoms with E-state index in [1.807, 2.05) is 6.92 Å². The molecule has 1 aromatic rings. The van der Waals surface area contributed by atoms with Gasteiger partial charge in [0.2, 0.25) is 0 Å². The number of carbonyl (C=O) groups is 2. The van der Waals surface area contributed by atoms with Gasteiger partial charge in [-0.05, 0) is 50.6 Å². The number of benzene rings is 1. The molecule has 0 spiro atoms. The van der Waals surface area contributed by atoms with Crippen molar-refractivity contribution in [1.82, 2.24) is 10.7 Å². The van der Waals surface area contributed by atoms with Crippen molar-refractivity contribution in [1.29, 1.82) is 0 Å². The maximum atomic E-state index is 11.4. The predicted octanol–water partition coefficient (Wildman–Crippen LogP) is 1.06. The van der Waals surface area contributed by atoms with Gasteiger partial charge in [-0.3, -0.25) is 9.59 Å². The summed E-state index contributed by atoms with van der Waals surface area (Å²) in [7, 11) is 0. The van der Waals surface area contributed by atoms with E-state index in [2.05, 4.69) is 15.8 Å². The van der Waals surface area contributed by atoms with Crippen molar-refractivity contribution in [2.45, 2.75) is 26.8 Å². The molecule has 2 N–H and O–H groups in total. The van der Waals surface area contributed by atoms with E-state index in [0.717, 1.165) is 11.3 Å². The molecule has 0 saturated carbocycles. The van der Waals surface area contributed by atoms with Crippen LogP contribution in [0.4, 0.5) is 0 Å². The highest BCUT2D eigenvalue weighted by Crippen LogP contribution is 2.10. The van der Waals surface area contributed by atoms with Gasteiger partial charge < -0.3 is 10.1 Å². The number of ether oxygens (including phenoxy) is 1. The second-order valence-corrected chi connectivity index (χ2v) is 4.33. The van der Waals surface area contributed by atoms with Crippen molar-refractivity contribution < 1.29 is 14.3 Å². The van der Waals surface area contributed by atoms with Crippen molar-refractivity contribution in [3.63, 3.8) is 0 Å². The lowest BCUT2D eigenvalue weighted by atomic mass is 10.2. The van der Waals surface area contributed by atoms with Crippen molar-refractivity contribution in [2.24, 2.45) is 5.10 Å². The number of carbonyl (C=O) groups excluding carboxylic acids is 2. The fourth-order valence-electron chi connectivity index (χ4n) is 1.36. The quantitative estimate of drug-likeness (QED) is 0.480. The standard InChI is InChI=1S/C14H19N3O3/c1-4-20-12-7-5-11(6-8-12)9-15-17-14(19)13(18)16-10(2)3/h5-10H,4H2,1-3H3,(H,16,18)(H,17,19)/b15-9-. The highest BCUT2D eigenvalue weighted by atomic mass is 16.5. The first-order valence-electron chi connectivity index (χ1n) is 6.39. The molecule has 2 amide bonds. The maximum absolute atomic E-state index is 11.4. The van der Waals surface area contributed by atoms with Crippen LogP contribution in [0.3, 0.4) is 0 Å². The molecule has 0 radical (unpaired) electrons. The zero-order chi connectivity index (χ0) is 15.0. The Morgan fingerprint density at radius 1 is 1.25 bits per heavy atom. The zero-order valence-electron chi connectivity index (χ0n) is 11.8. The SMILES string of the molecule is CCOc1ccc(/C=N\NC(=O)C(=O)NC(C)C)cc1. The van der Waals surface area contributed by atoms with Crippen LogP contribution in [-0.2, 0) is 9.59 Å². The molecule has 6 nitrogen and oxygen atoms in total. The largest absolute Gasteiger partial charge is 0.494 e. The second kappa shape index (κ2) is 7.93. The van der Waals surface area contributed by atoms with Gasteiger partial charge in [0.05, 0.1) is 12.8 Å². The average Bonchev–Trinajstić information content (AvgIpc) is 2.40. The van der Waals surface area contributed by atoms with Gasteiger partial charge in [0, 0.05) is 6.04 Å². The first kappa shape index (κ1) is 15.7. The van der Waals surface area contributed by atoms with Gasteiger partial charge in [0.25, 0.3) is 0 Å². The summed E-state index contributed by atoms with van der Waals surface area (Å²) in [6.45, 7) is 6.06. The molecule has 1 rings (SSSR count). The summed E-state index contributed by atoms with van der Waals surface area (Å²) in [4.78, 5) is 22.6. The lowest BCUT2D eigenvalue weighted by molar-refractivity contribution is -0.139. The van der Waals surface area contributed by atoms with E-state index in [1.165, 1.54) is 6.21 Å². The Labute approximate surface area is 118 Å². The molecule has 108 valence electrons. The van der Waals surface area contributed by atoms with Gasteiger partial charge >= 0.3 is 11.8 Å². The van der Waals surface area contributed by atoms with Crippen molar-refractivity contribution in [3.05, 3.63) is 29.8 Å². The third kappa shape index (κ3) is 5.51. The molecular formula is C14H19N3O3. The van der Waals surface area contributed by atoms with Gasteiger partial charge in [0.15, 0.2) is 0 Å². The van der Waals surface area contributed by atoms with E-state index in [0.29, 0.717) is 6.61 Å². The van der Waals surface area contributed by atoms with E-state index in [9.17, 15) is 9.59 Å². The van der Waals surface area contributed by atoms with Gasteiger partial charge in [-0.15, -0.1) is 0 Å². The zero-order valence-corrected chi connectivity index (χ0v) is 11.8. The van der Waals surface area contributed by atoms with Crippen LogP contribution in [0.1, 0.15) is 26.3 Å². The van der Waals surface area contributed by atoms with Crippen LogP contribution in [0.25, 0.3) is 0 Å². The van der Waals surface area contributed by atoms with E-state index < -0.39 is 11.8 Å². The Bertz CT molecular complexity index is 481. The average molecular weight is 277 g/mol. The highest BCUT2D eigenvalue weighted by Gasteiger charge is 2.12. The smallest absolute Gasteiger partial charge is 0.329 e. The van der Waals surface area contributed by atoms with Crippen LogP contribution in [-0.4, -0.2) is 30.7 Å². The summed E-state index contributed by atoms with van der Waals surface area (Å²) in [5.74, 6) is -0.727. The molecule has 0 saturated heterocycles. The lowest BCUT2D eigenvalue weighted by Crippen LogP contribution is -2.41. The van der Waals surface area contributed by atoms with Crippen LogP contribution in [0, 0.1) is 0 Å². The molecule has 1 aromatic carbocycles. The third-order valence-electron chi connectivity index (χ3n) is 2.20. The van der Waals surface area contributed by atoms with E-state index in [1.54, 1.807) is 38.1 Å². The molecule has 0 aliphatic rings. The highest BCUT2D eigenvalue weighted by molar-refractivity contribution is 6.35. The molecular weight excluding hydrogens is 258 g/mol. The first-order chi connectivity index (χ1) is 9.52. The van der Waals surface area contributed by atoms with Crippen molar-refractivity contribution >= 4 is 18.0 Å². The maximum Gasteiger partial charge on any atom is 0.329 e. The molecule has 6 heteroatoms. The Morgan fingerprint density at radius 2 is 1.90 bits per heavy atom. The van der Waals surface area contributed by atoms with Gasteiger partial charge in [0.1, 0.15) is 5.75 Å².